The summed E-state index contributed by atoms with van der Waals surface area (Å²) >= 11 is 6.43. The van der Waals surface area contributed by atoms with Crippen LogP contribution in [-0.4, -0.2) is 23.0 Å². The lowest BCUT2D eigenvalue weighted by Crippen LogP contribution is -2.05. The van der Waals surface area contributed by atoms with Crippen LogP contribution in [-0.2, 0) is 0 Å². The van der Waals surface area contributed by atoms with Crippen molar-refractivity contribution in [2.75, 3.05) is 12.9 Å². The van der Waals surface area contributed by atoms with Crippen molar-refractivity contribution in [2.24, 2.45) is 4.99 Å². The number of halogens is 1. The van der Waals surface area contributed by atoms with Crippen molar-refractivity contribution in [3.63, 3.8) is 0 Å². The molecule has 122 valence electrons. The highest BCUT2D eigenvalue weighted by Gasteiger charge is 2.20. The topological polar surface area (TPSA) is 38.7 Å². The van der Waals surface area contributed by atoms with E-state index < -0.39 is 0 Å². The molecule has 0 spiro atoms. The number of rotatable bonds is 4. The molecule has 0 atom stereocenters. The SMILES string of the molecule is COc1ccc2c(c1)/C(=C/Br)SC(SCC(=O)c1ccccc1)=N2. The van der Waals surface area contributed by atoms with Crippen LogP contribution in [0, 0.1) is 0 Å². The van der Waals surface area contributed by atoms with Crippen LogP contribution < -0.4 is 4.74 Å². The second kappa shape index (κ2) is 8.05. The van der Waals surface area contributed by atoms with E-state index in [0.29, 0.717) is 5.75 Å². The van der Waals surface area contributed by atoms with Gasteiger partial charge in [0.25, 0.3) is 0 Å². The van der Waals surface area contributed by atoms with Gasteiger partial charge in [-0.3, -0.25) is 4.79 Å². The molecule has 0 unspecified atom stereocenters. The number of carbonyl (C=O) groups excluding carboxylic acids is 1. The van der Waals surface area contributed by atoms with E-state index in [1.807, 2.05) is 53.5 Å². The molecule has 1 heterocycles. The van der Waals surface area contributed by atoms with Gasteiger partial charge in [-0.25, -0.2) is 4.99 Å². The molecular formula is C18H14BrNO2S2. The van der Waals surface area contributed by atoms with Gasteiger partial charge in [0.1, 0.15) is 10.1 Å². The van der Waals surface area contributed by atoms with Crippen LogP contribution in [0.25, 0.3) is 4.91 Å². The van der Waals surface area contributed by atoms with Crippen molar-refractivity contribution in [2.45, 2.75) is 0 Å². The van der Waals surface area contributed by atoms with Crippen LogP contribution >= 0.6 is 39.5 Å². The number of hydrogen-bond acceptors (Lipinski definition) is 5. The molecule has 3 rings (SSSR count). The summed E-state index contributed by atoms with van der Waals surface area (Å²) in [6.45, 7) is 0. The van der Waals surface area contributed by atoms with E-state index in [-0.39, 0.29) is 5.78 Å². The highest BCUT2D eigenvalue weighted by molar-refractivity contribution is 9.11. The van der Waals surface area contributed by atoms with Crippen LogP contribution in [0.5, 0.6) is 5.75 Å². The molecule has 0 N–H and O–H groups in total. The summed E-state index contributed by atoms with van der Waals surface area (Å²) in [5.74, 6) is 1.28. The minimum Gasteiger partial charge on any atom is -0.497 e. The second-order valence-electron chi connectivity index (χ2n) is 4.91. The van der Waals surface area contributed by atoms with E-state index in [2.05, 4.69) is 20.9 Å². The Morgan fingerprint density at radius 2 is 2.08 bits per heavy atom. The number of methoxy groups -OCH3 is 1. The lowest BCUT2D eigenvalue weighted by atomic mass is 10.1. The highest BCUT2D eigenvalue weighted by Crippen LogP contribution is 2.44. The number of Topliss-reactive ketones (excluding diaryl/α,β-unsaturated/α-hetero) is 1. The quantitative estimate of drug-likeness (QED) is 0.592. The highest BCUT2D eigenvalue weighted by atomic mass is 79.9. The molecule has 0 fully saturated rings. The summed E-state index contributed by atoms with van der Waals surface area (Å²) in [5.41, 5.74) is 2.64. The number of carbonyl (C=O) groups is 1. The standard InChI is InChI=1S/C18H14BrNO2S2/c1-22-13-7-8-15-14(9-13)17(10-19)24-18(20-15)23-11-16(21)12-5-3-2-4-6-12/h2-10H,11H2,1H3/b17-10-. The molecule has 0 amide bonds. The van der Waals surface area contributed by atoms with E-state index in [1.165, 1.54) is 11.8 Å². The third-order valence-corrected chi connectivity index (χ3v) is 6.33. The fraction of sp³-hybridized carbons (Fsp3) is 0.111. The summed E-state index contributed by atoms with van der Waals surface area (Å²) in [6, 6.07) is 15.1. The Morgan fingerprint density at radius 3 is 2.79 bits per heavy atom. The zero-order chi connectivity index (χ0) is 16.9. The molecule has 1 aliphatic heterocycles. The maximum absolute atomic E-state index is 12.2. The Morgan fingerprint density at radius 1 is 1.29 bits per heavy atom. The molecule has 0 aliphatic carbocycles. The predicted molar refractivity (Wildman–Crippen MR) is 108 cm³/mol. The van der Waals surface area contributed by atoms with Gasteiger partial charge in [-0.2, -0.15) is 0 Å². The Bertz CT molecular complexity index is 819. The number of thioether (sulfide) groups is 2. The van der Waals surface area contributed by atoms with Crippen LogP contribution in [0.4, 0.5) is 5.69 Å². The van der Waals surface area contributed by atoms with E-state index in [4.69, 9.17) is 4.74 Å². The first kappa shape index (κ1) is 17.3. The third kappa shape index (κ3) is 3.94. The number of ketones is 1. The largest absolute Gasteiger partial charge is 0.497 e. The molecule has 2 aromatic carbocycles. The molecule has 0 saturated carbocycles. The summed E-state index contributed by atoms with van der Waals surface area (Å²) in [6.07, 6.45) is 0. The number of aliphatic imine (C=N–C) groups is 1. The van der Waals surface area contributed by atoms with Gasteiger partial charge in [-0.1, -0.05) is 69.8 Å². The van der Waals surface area contributed by atoms with Gasteiger partial charge in [0, 0.05) is 16.0 Å². The van der Waals surface area contributed by atoms with Crippen LogP contribution in [0.3, 0.4) is 0 Å². The Labute approximate surface area is 157 Å². The predicted octanol–water partition coefficient (Wildman–Crippen LogP) is 5.74. The summed E-state index contributed by atoms with van der Waals surface area (Å²) < 4.78 is 6.14. The van der Waals surface area contributed by atoms with Gasteiger partial charge in [-0.15, -0.1) is 0 Å². The fourth-order valence-electron chi connectivity index (χ4n) is 2.18. The van der Waals surface area contributed by atoms with Crippen molar-refractivity contribution < 1.29 is 9.53 Å². The zero-order valence-corrected chi connectivity index (χ0v) is 16.1. The molecular weight excluding hydrogens is 406 g/mol. The minimum atomic E-state index is 0.105. The molecule has 1 aliphatic rings. The first-order valence-electron chi connectivity index (χ1n) is 7.17. The normalized spacial score (nSPS) is 14.9. The minimum absolute atomic E-state index is 0.105. The summed E-state index contributed by atoms with van der Waals surface area (Å²) in [7, 11) is 1.65. The van der Waals surface area contributed by atoms with Crippen molar-refractivity contribution >= 4 is 60.2 Å². The van der Waals surface area contributed by atoms with Crippen molar-refractivity contribution in [3.05, 3.63) is 64.6 Å². The lowest BCUT2D eigenvalue weighted by Gasteiger charge is -2.17. The monoisotopic (exact) mass is 419 g/mol. The Kier molecular flexibility index (Phi) is 5.81. The summed E-state index contributed by atoms with van der Waals surface area (Å²) in [5, 5.41) is 0. The average Bonchev–Trinajstić information content (AvgIpc) is 2.65. The molecule has 0 radical (unpaired) electrons. The van der Waals surface area contributed by atoms with Crippen LogP contribution in [0.2, 0.25) is 0 Å². The number of fused-ring (bicyclic) bond motifs is 1. The van der Waals surface area contributed by atoms with Crippen molar-refractivity contribution in [1.82, 2.24) is 0 Å². The average molecular weight is 420 g/mol. The van der Waals surface area contributed by atoms with Gasteiger partial charge < -0.3 is 4.74 Å². The van der Waals surface area contributed by atoms with E-state index in [9.17, 15) is 4.79 Å². The fourth-order valence-corrected chi connectivity index (χ4v) is 4.63. The molecule has 0 saturated heterocycles. The molecule has 24 heavy (non-hydrogen) atoms. The van der Waals surface area contributed by atoms with Crippen molar-refractivity contribution in [3.8, 4) is 5.75 Å². The van der Waals surface area contributed by atoms with Crippen molar-refractivity contribution in [1.29, 1.82) is 0 Å². The second-order valence-corrected chi connectivity index (χ2v) is 7.63. The molecule has 2 aromatic rings. The molecule has 6 heteroatoms. The van der Waals surface area contributed by atoms with Gasteiger partial charge in [0.15, 0.2) is 5.78 Å². The van der Waals surface area contributed by atoms with Gasteiger partial charge >= 0.3 is 0 Å². The van der Waals surface area contributed by atoms with E-state index >= 15 is 0 Å². The Hall–Kier alpha value is -1.50. The van der Waals surface area contributed by atoms with Crippen LogP contribution in [0.1, 0.15) is 15.9 Å². The van der Waals surface area contributed by atoms with Gasteiger partial charge in [0.05, 0.1) is 18.6 Å². The number of ether oxygens (including phenoxy) is 1. The number of nitrogens with zero attached hydrogens (tertiary/aromatic N) is 1. The first-order chi connectivity index (χ1) is 11.7. The third-order valence-electron chi connectivity index (χ3n) is 3.40. The number of hydrogen-bond donors (Lipinski definition) is 0. The van der Waals surface area contributed by atoms with E-state index in [1.54, 1.807) is 18.9 Å². The van der Waals surface area contributed by atoms with Crippen LogP contribution in [0.15, 0.2) is 58.5 Å². The molecule has 0 bridgehead atoms. The molecule has 3 nitrogen and oxygen atoms in total. The maximum Gasteiger partial charge on any atom is 0.173 e. The lowest BCUT2D eigenvalue weighted by molar-refractivity contribution is 0.102. The van der Waals surface area contributed by atoms with Gasteiger partial charge in [-0.05, 0) is 23.2 Å². The molecule has 0 aromatic heterocycles. The van der Waals surface area contributed by atoms with Gasteiger partial charge in [0.2, 0.25) is 0 Å². The zero-order valence-electron chi connectivity index (χ0n) is 12.9. The number of benzene rings is 2. The summed E-state index contributed by atoms with van der Waals surface area (Å²) in [4.78, 5) is 19.8. The maximum atomic E-state index is 12.2. The van der Waals surface area contributed by atoms with E-state index in [0.717, 1.165) is 31.8 Å². The first-order valence-corrected chi connectivity index (χ1v) is 9.89. The smallest absolute Gasteiger partial charge is 0.173 e. The Balaban J connectivity index is 1.77.